The van der Waals surface area contributed by atoms with Gasteiger partial charge < -0.3 is 10.2 Å². The van der Waals surface area contributed by atoms with E-state index < -0.39 is 0 Å². The zero-order valence-corrected chi connectivity index (χ0v) is 15.6. The Morgan fingerprint density at radius 1 is 1.19 bits per heavy atom. The normalized spacial score (nSPS) is 11.8. The molecule has 0 unspecified atom stereocenters. The number of nitrogens with zero attached hydrogens (tertiary/aromatic N) is 5. The Morgan fingerprint density at radius 3 is 2.70 bits per heavy atom. The van der Waals surface area contributed by atoms with Gasteiger partial charge >= 0.3 is 6.03 Å². The maximum atomic E-state index is 12.9. The van der Waals surface area contributed by atoms with E-state index in [1.807, 2.05) is 41.3 Å². The van der Waals surface area contributed by atoms with Crippen LogP contribution in [0.5, 0.6) is 0 Å². The number of hydrogen-bond donors (Lipinski definition) is 1. The first-order valence-corrected chi connectivity index (χ1v) is 9.03. The van der Waals surface area contributed by atoms with E-state index in [9.17, 15) is 4.79 Å². The number of benzene rings is 1. The molecule has 27 heavy (non-hydrogen) atoms. The molecule has 1 atom stereocenters. The van der Waals surface area contributed by atoms with Crippen LogP contribution in [-0.4, -0.2) is 36.7 Å². The average Bonchev–Trinajstić information content (AvgIpc) is 3.19. The minimum Gasteiger partial charge on any atom is -0.318 e. The number of nitrogens with one attached hydrogen (secondary N) is 1. The molecule has 0 saturated heterocycles. The number of urea groups is 1. The number of aromatic nitrogens is 4. The number of hydrogen-bond acceptors (Lipinski definition) is 4. The molecule has 0 aliphatic heterocycles. The topological polar surface area (TPSA) is 75.9 Å². The summed E-state index contributed by atoms with van der Waals surface area (Å²) in [5, 5.41) is 7.14. The lowest BCUT2D eigenvalue weighted by molar-refractivity contribution is 0.187. The number of carbonyl (C=O) groups is 1. The second kappa shape index (κ2) is 8.93. The van der Waals surface area contributed by atoms with E-state index >= 15 is 0 Å². The molecule has 2 heterocycles. The summed E-state index contributed by atoms with van der Waals surface area (Å²) in [6.45, 7) is 5.29. The molecule has 1 aromatic carbocycles. The molecule has 0 fully saturated rings. The van der Waals surface area contributed by atoms with Gasteiger partial charge in [-0.25, -0.2) is 14.5 Å². The Bertz CT molecular complexity index is 850. The van der Waals surface area contributed by atoms with Crippen molar-refractivity contribution >= 4 is 11.7 Å². The van der Waals surface area contributed by atoms with Gasteiger partial charge in [0.05, 0.1) is 6.54 Å². The largest absolute Gasteiger partial charge is 0.322 e. The minimum atomic E-state index is -0.112. The van der Waals surface area contributed by atoms with E-state index in [2.05, 4.69) is 34.2 Å². The highest BCUT2D eigenvalue weighted by atomic mass is 16.2. The fourth-order valence-electron chi connectivity index (χ4n) is 2.78. The van der Waals surface area contributed by atoms with Crippen LogP contribution in [0, 0.1) is 0 Å². The van der Waals surface area contributed by atoms with Crippen LogP contribution in [-0.2, 0) is 13.1 Å². The van der Waals surface area contributed by atoms with E-state index in [0.29, 0.717) is 13.1 Å². The van der Waals surface area contributed by atoms with Crippen LogP contribution in [0.15, 0.2) is 61.4 Å². The Hall–Kier alpha value is -3.22. The van der Waals surface area contributed by atoms with Crippen LogP contribution >= 0.6 is 0 Å². The Balaban J connectivity index is 1.71. The lowest BCUT2D eigenvalue weighted by atomic mass is 10.1. The molecule has 2 aromatic heterocycles. The summed E-state index contributed by atoms with van der Waals surface area (Å²) in [6.07, 6.45) is 7.55. The predicted octanol–water partition coefficient (Wildman–Crippen LogP) is 3.55. The van der Waals surface area contributed by atoms with Crippen LogP contribution in [0.2, 0.25) is 0 Å². The van der Waals surface area contributed by atoms with E-state index in [1.165, 1.54) is 6.33 Å². The molecular formula is C20H24N6O. The summed E-state index contributed by atoms with van der Waals surface area (Å²) in [5.41, 5.74) is 2.86. The maximum Gasteiger partial charge on any atom is 0.322 e. The maximum absolute atomic E-state index is 12.9. The van der Waals surface area contributed by atoms with Crippen LogP contribution in [0.4, 0.5) is 10.5 Å². The molecule has 0 aliphatic rings. The van der Waals surface area contributed by atoms with E-state index in [0.717, 1.165) is 23.2 Å². The van der Waals surface area contributed by atoms with Gasteiger partial charge in [-0.05, 0) is 48.7 Å². The number of anilines is 1. The van der Waals surface area contributed by atoms with Gasteiger partial charge in [-0.2, -0.15) is 5.10 Å². The van der Waals surface area contributed by atoms with Gasteiger partial charge in [0.1, 0.15) is 12.7 Å². The summed E-state index contributed by atoms with van der Waals surface area (Å²) in [5.74, 6) is 0. The van der Waals surface area contributed by atoms with Crippen molar-refractivity contribution in [3.63, 3.8) is 0 Å². The van der Waals surface area contributed by atoms with Crippen molar-refractivity contribution in [1.29, 1.82) is 0 Å². The highest BCUT2D eigenvalue weighted by Gasteiger charge is 2.19. The average molecular weight is 364 g/mol. The summed E-state index contributed by atoms with van der Waals surface area (Å²) >= 11 is 0. The van der Waals surface area contributed by atoms with Crippen LogP contribution in [0.3, 0.4) is 0 Å². The molecule has 0 aliphatic carbocycles. The molecule has 2 amide bonds. The van der Waals surface area contributed by atoms with Crippen molar-refractivity contribution in [1.82, 2.24) is 24.6 Å². The first-order chi connectivity index (χ1) is 13.2. The fraction of sp³-hybridized carbons (Fsp3) is 0.300. The highest BCUT2D eigenvalue weighted by Crippen LogP contribution is 2.16. The standard InChI is InChI=1S/C20H24N6O/c1-3-16(2)26(13-17-7-9-21-10-8-17)20(27)24-19-6-4-5-18(11-19)12-25-15-22-14-23-25/h4-11,14-16H,3,12-13H2,1-2H3,(H,24,27)/t16-/m1/s1. The molecule has 0 spiro atoms. The smallest absolute Gasteiger partial charge is 0.318 e. The molecular weight excluding hydrogens is 340 g/mol. The first kappa shape index (κ1) is 18.6. The SMILES string of the molecule is CC[C@@H](C)N(Cc1ccncc1)C(=O)Nc1cccc(Cn2cncn2)c1. The lowest BCUT2D eigenvalue weighted by Gasteiger charge is -2.29. The van der Waals surface area contributed by atoms with Crippen molar-refractivity contribution in [2.75, 3.05) is 5.32 Å². The zero-order valence-electron chi connectivity index (χ0n) is 15.6. The van der Waals surface area contributed by atoms with Crippen molar-refractivity contribution in [3.8, 4) is 0 Å². The van der Waals surface area contributed by atoms with Gasteiger partial charge in [0, 0.05) is 30.7 Å². The zero-order chi connectivity index (χ0) is 19.1. The molecule has 0 radical (unpaired) electrons. The minimum absolute atomic E-state index is 0.112. The Kier molecular flexibility index (Phi) is 6.14. The molecule has 0 saturated carbocycles. The monoisotopic (exact) mass is 364 g/mol. The van der Waals surface area contributed by atoms with E-state index in [1.54, 1.807) is 23.4 Å². The van der Waals surface area contributed by atoms with Crippen molar-refractivity contribution < 1.29 is 4.79 Å². The number of carbonyl (C=O) groups excluding carboxylic acids is 1. The van der Waals surface area contributed by atoms with Gasteiger partial charge in [0.2, 0.25) is 0 Å². The van der Waals surface area contributed by atoms with Crippen molar-refractivity contribution in [2.24, 2.45) is 0 Å². The molecule has 7 heteroatoms. The molecule has 3 rings (SSSR count). The van der Waals surface area contributed by atoms with Gasteiger partial charge in [0.15, 0.2) is 0 Å². The number of pyridine rings is 1. The van der Waals surface area contributed by atoms with E-state index in [-0.39, 0.29) is 12.1 Å². The molecule has 1 N–H and O–H groups in total. The van der Waals surface area contributed by atoms with Crippen LogP contribution < -0.4 is 5.32 Å². The third kappa shape index (κ3) is 5.13. The number of rotatable bonds is 7. The molecule has 3 aromatic rings. The highest BCUT2D eigenvalue weighted by molar-refractivity contribution is 5.89. The molecule has 7 nitrogen and oxygen atoms in total. The quantitative estimate of drug-likeness (QED) is 0.695. The number of amides is 2. The van der Waals surface area contributed by atoms with Crippen LogP contribution in [0.1, 0.15) is 31.4 Å². The van der Waals surface area contributed by atoms with Crippen molar-refractivity contribution in [3.05, 3.63) is 72.6 Å². The third-order valence-electron chi connectivity index (χ3n) is 4.48. The second-order valence-corrected chi connectivity index (χ2v) is 6.46. The van der Waals surface area contributed by atoms with Gasteiger partial charge in [-0.3, -0.25) is 4.98 Å². The summed E-state index contributed by atoms with van der Waals surface area (Å²) in [7, 11) is 0. The summed E-state index contributed by atoms with van der Waals surface area (Å²) in [4.78, 5) is 22.8. The molecule has 140 valence electrons. The second-order valence-electron chi connectivity index (χ2n) is 6.46. The van der Waals surface area contributed by atoms with Crippen LogP contribution in [0.25, 0.3) is 0 Å². The Labute approximate surface area is 159 Å². The van der Waals surface area contributed by atoms with Gasteiger partial charge in [-0.15, -0.1) is 0 Å². The fourth-order valence-corrected chi connectivity index (χ4v) is 2.78. The first-order valence-electron chi connectivity index (χ1n) is 9.03. The molecule has 0 bridgehead atoms. The summed E-state index contributed by atoms with van der Waals surface area (Å²) < 4.78 is 1.75. The van der Waals surface area contributed by atoms with Gasteiger partial charge in [-0.1, -0.05) is 19.1 Å². The predicted molar refractivity (Wildman–Crippen MR) is 104 cm³/mol. The van der Waals surface area contributed by atoms with E-state index in [4.69, 9.17) is 0 Å². The van der Waals surface area contributed by atoms with Gasteiger partial charge in [0.25, 0.3) is 0 Å². The Morgan fingerprint density at radius 2 is 2.00 bits per heavy atom. The van der Waals surface area contributed by atoms with Crippen molar-refractivity contribution in [2.45, 2.75) is 39.4 Å². The summed E-state index contributed by atoms with van der Waals surface area (Å²) in [6, 6.07) is 11.7. The third-order valence-corrected chi connectivity index (χ3v) is 4.48. The lowest BCUT2D eigenvalue weighted by Crippen LogP contribution is -2.40.